The van der Waals surface area contributed by atoms with Gasteiger partial charge in [0.25, 0.3) is 0 Å². The Balaban J connectivity index is 1.50. The minimum absolute atomic E-state index is 0.0156. The molecule has 0 spiro atoms. The molecule has 32 heavy (non-hydrogen) atoms. The van der Waals surface area contributed by atoms with E-state index in [0.29, 0.717) is 23.9 Å². The number of fused-ring (bicyclic) bond motifs is 1. The van der Waals surface area contributed by atoms with Crippen LogP contribution in [0.25, 0.3) is 0 Å². The number of ether oxygens (including phenoxy) is 1. The largest absolute Gasteiger partial charge is 0.500 e. The van der Waals surface area contributed by atoms with E-state index >= 15 is 0 Å². The Kier molecular flexibility index (Phi) is 7.20. The van der Waals surface area contributed by atoms with Gasteiger partial charge in [-0.2, -0.15) is 0 Å². The van der Waals surface area contributed by atoms with Gasteiger partial charge in [0.05, 0.1) is 18.2 Å². The molecule has 3 aliphatic rings. The molecule has 1 aromatic carbocycles. The second kappa shape index (κ2) is 10.1. The fourth-order valence-corrected chi connectivity index (χ4v) is 6.03. The molecule has 1 fully saturated rings. The van der Waals surface area contributed by atoms with Crippen molar-refractivity contribution in [2.24, 2.45) is 15.9 Å². The summed E-state index contributed by atoms with van der Waals surface area (Å²) < 4.78 is 19.3. The lowest BCUT2D eigenvalue weighted by molar-refractivity contribution is -0.126. The number of likely N-dealkylation sites (tertiary alicyclic amines) is 1. The summed E-state index contributed by atoms with van der Waals surface area (Å²) in [6.45, 7) is 5.09. The number of amides is 1. The van der Waals surface area contributed by atoms with Crippen LogP contribution in [0.3, 0.4) is 0 Å². The zero-order chi connectivity index (χ0) is 22.7. The Hall–Kier alpha value is -2.32. The topological polar surface area (TPSA) is 66.3 Å². The van der Waals surface area contributed by atoms with Crippen molar-refractivity contribution in [1.29, 1.82) is 0 Å². The van der Waals surface area contributed by atoms with Crippen LogP contribution in [-0.2, 0) is 9.53 Å². The maximum Gasteiger partial charge on any atom is 0.245 e. The van der Waals surface area contributed by atoms with Crippen LogP contribution in [0.2, 0.25) is 5.02 Å². The Morgan fingerprint density at radius 1 is 1.44 bits per heavy atom. The molecule has 3 unspecified atom stereocenters. The van der Waals surface area contributed by atoms with Crippen LogP contribution in [0.5, 0.6) is 0 Å². The van der Waals surface area contributed by atoms with Crippen LogP contribution in [-0.4, -0.2) is 54.5 Å². The van der Waals surface area contributed by atoms with Crippen molar-refractivity contribution in [2.45, 2.75) is 37.0 Å². The number of anilines is 1. The number of allylic oxidation sites excluding steroid dienone is 1. The number of aliphatic imine (C=N–C) groups is 2. The zero-order valence-electron chi connectivity index (χ0n) is 17.9. The third-order valence-electron chi connectivity index (χ3n) is 5.99. The Labute approximate surface area is 196 Å². The van der Waals surface area contributed by atoms with Crippen molar-refractivity contribution >= 4 is 47.1 Å². The first-order valence-electron chi connectivity index (χ1n) is 10.6. The molecule has 0 saturated carbocycles. The van der Waals surface area contributed by atoms with Crippen LogP contribution >= 0.6 is 23.4 Å². The maximum absolute atomic E-state index is 13.5. The number of piperidine rings is 1. The zero-order valence-corrected chi connectivity index (χ0v) is 19.5. The summed E-state index contributed by atoms with van der Waals surface area (Å²) in [4.78, 5) is 24.2. The minimum Gasteiger partial charge on any atom is -0.500 e. The average Bonchev–Trinajstić information content (AvgIpc) is 2.81. The molecule has 0 bridgehead atoms. The molecule has 2 heterocycles. The molecule has 2 aliphatic heterocycles. The van der Waals surface area contributed by atoms with Gasteiger partial charge in [-0.05, 0) is 43.5 Å². The summed E-state index contributed by atoms with van der Waals surface area (Å²) >= 11 is 7.74. The van der Waals surface area contributed by atoms with Crippen molar-refractivity contribution in [3.05, 3.63) is 52.4 Å². The van der Waals surface area contributed by atoms with Gasteiger partial charge in [0, 0.05) is 41.3 Å². The van der Waals surface area contributed by atoms with Gasteiger partial charge in [-0.1, -0.05) is 18.2 Å². The summed E-state index contributed by atoms with van der Waals surface area (Å²) in [5.74, 6) is 1.32. The monoisotopic (exact) mass is 476 g/mol. The van der Waals surface area contributed by atoms with Gasteiger partial charge >= 0.3 is 0 Å². The molecule has 1 amide bonds. The average molecular weight is 477 g/mol. The van der Waals surface area contributed by atoms with E-state index in [-0.39, 0.29) is 22.9 Å². The van der Waals surface area contributed by atoms with Crippen molar-refractivity contribution in [1.82, 2.24) is 4.90 Å². The first-order chi connectivity index (χ1) is 15.5. The third kappa shape index (κ3) is 5.02. The molecule has 1 saturated heterocycles. The van der Waals surface area contributed by atoms with E-state index in [1.54, 1.807) is 37.3 Å². The molecular weight excluding hydrogens is 451 g/mol. The Morgan fingerprint density at radius 2 is 2.28 bits per heavy atom. The lowest BCUT2D eigenvalue weighted by Crippen LogP contribution is -2.41. The molecule has 6 nitrogen and oxygen atoms in total. The van der Waals surface area contributed by atoms with Gasteiger partial charge in [0.1, 0.15) is 23.8 Å². The van der Waals surface area contributed by atoms with Gasteiger partial charge in [-0.15, -0.1) is 11.8 Å². The van der Waals surface area contributed by atoms with E-state index in [4.69, 9.17) is 16.3 Å². The predicted octanol–water partition coefficient (Wildman–Crippen LogP) is 4.88. The number of hydrogen-bond donors (Lipinski definition) is 1. The van der Waals surface area contributed by atoms with E-state index in [1.807, 2.05) is 4.90 Å². The smallest absolute Gasteiger partial charge is 0.245 e. The first kappa shape index (κ1) is 22.9. The van der Waals surface area contributed by atoms with Crippen molar-refractivity contribution in [2.75, 3.05) is 25.5 Å². The number of carbonyl (C=O) groups is 1. The van der Waals surface area contributed by atoms with Gasteiger partial charge in [-0.3, -0.25) is 9.79 Å². The van der Waals surface area contributed by atoms with Crippen molar-refractivity contribution in [3.8, 4) is 0 Å². The lowest BCUT2D eigenvalue weighted by Gasteiger charge is -2.37. The molecule has 0 radical (unpaired) electrons. The number of nitrogens with one attached hydrogen (secondary N) is 1. The quantitative estimate of drug-likeness (QED) is 0.615. The SMILES string of the molecule is C=CC(=O)N1CCCC(SC2=C(OC)CC3N=CN=C(Nc4ccc(F)c(Cl)c4)C3C2)C1. The molecular formula is C23H26ClFN4O2S. The molecule has 3 atom stereocenters. The van der Waals surface area contributed by atoms with Gasteiger partial charge in [0.2, 0.25) is 5.91 Å². The molecule has 4 rings (SSSR count). The molecule has 1 aromatic rings. The fourth-order valence-electron chi connectivity index (χ4n) is 4.33. The summed E-state index contributed by atoms with van der Waals surface area (Å²) in [6.07, 6.45) is 6.40. The Bertz CT molecular complexity index is 996. The highest BCUT2D eigenvalue weighted by atomic mass is 35.5. The molecule has 1 N–H and O–H groups in total. The second-order valence-corrected chi connectivity index (χ2v) is 9.84. The number of carbonyl (C=O) groups excluding carboxylic acids is 1. The first-order valence-corrected chi connectivity index (χ1v) is 11.9. The highest BCUT2D eigenvalue weighted by molar-refractivity contribution is 8.03. The highest BCUT2D eigenvalue weighted by Gasteiger charge is 2.37. The summed E-state index contributed by atoms with van der Waals surface area (Å²) in [6, 6.07) is 4.56. The third-order valence-corrected chi connectivity index (χ3v) is 7.68. The van der Waals surface area contributed by atoms with Crippen LogP contribution in [0.4, 0.5) is 10.1 Å². The minimum atomic E-state index is -0.456. The van der Waals surface area contributed by atoms with Gasteiger partial charge in [-0.25, -0.2) is 9.38 Å². The van der Waals surface area contributed by atoms with Gasteiger partial charge < -0.3 is 15.0 Å². The number of nitrogens with zero attached hydrogens (tertiary/aromatic N) is 3. The van der Waals surface area contributed by atoms with E-state index in [1.165, 1.54) is 17.0 Å². The van der Waals surface area contributed by atoms with Crippen LogP contribution in [0.15, 0.2) is 51.5 Å². The van der Waals surface area contributed by atoms with E-state index in [0.717, 1.165) is 37.4 Å². The molecule has 0 aromatic heterocycles. The maximum atomic E-state index is 13.5. The molecule has 1 aliphatic carbocycles. The van der Waals surface area contributed by atoms with Crippen LogP contribution in [0, 0.1) is 11.7 Å². The van der Waals surface area contributed by atoms with Crippen molar-refractivity contribution < 1.29 is 13.9 Å². The van der Waals surface area contributed by atoms with E-state index in [9.17, 15) is 9.18 Å². The van der Waals surface area contributed by atoms with Crippen molar-refractivity contribution in [3.63, 3.8) is 0 Å². The second-order valence-electron chi connectivity index (χ2n) is 8.04. The normalized spacial score (nSPS) is 25.2. The number of hydrogen-bond acceptors (Lipinski definition) is 6. The number of methoxy groups -OCH3 is 1. The van der Waals surface area contributed by atoms with Crippen LogP contribution in [0.1, 0.15) is 25.7 Å². The van der Waals surface area contributed by atoms with Gasteiger partial charge in [0.15, 0.2) is 0 Å². The van der Waals surface area contributed by atoms with Crippen LogP contribution < -0.4 is 5.32 Å². The highest BCUT2D eigenvalue weighted by Crippen LogP contribution is 2.42. The predicted molar refractivity (Wildman–Crippen MR) is 129 cm³/mol. The standard InChI is InChI=1S/C23H26ClFN4O2S/c1-3-22(30)29-8-4-5-15(12-29)32-21-10-16-19(11-20(21)31-2)26-13-27-23(16)28-14-6-7-18(25)17(24)9-14/h3,6-7,9,13,15-16,19H,1,4-5,8,10-12H2,2H3,(H,26,27,28). The summed E-state index contributed by atoms with van der Waals surface area (Å²) in [7, 11) is 1.70. The van der Waals surface area contributed by atoms with E-state index < -0.39 is 5.82 Å². The molecule has 170 valence electrons. The number of amidine groups is 1. The number of thioether (sulfide) groups is 1. The number of benzene rings is 1. The fraction of sp³-hybridized carbons (Fsp3) is 0.435. The molecule has 9 heteroatoms. The summed E-state index contributed by atoms with van der Waals surface area (Å²) in [5, 5.41) is 3.68. The number of halogens is 2. The number of rotatable bonds is 5. The Morgan fingerprint density at radius 3 is 3.03 bits per heavy atom. The van der Waals surface area contributed by atoms with E-state index in [2.05, 4.69) is 21.9 Å². The summed E-state index contributed by atoms with van der Waals surface area (Å²) in [5.41, 5.74) is 0.686. The lowest BCUT2D eigenvalue weighted by atomic mass is 9.86.